The Labute approximate surface area is 104 Å². The van der Waals surface area contributed by atoms with Crippen LogP contribution in [-0.2, 0) is 4.74 Å². The number of nitrogens with zero attached hydrogens (tertiary/aromatic N) is 1. The van der Waals surface area contributed by atoms with E-state index in [9.17, 15) is 4.79 Å². The molecule has 3 rings (SSSR count). The van der Waals surface area contributed by atoms with E-state index >= 15 is 0 Å². The van der Waals surface area contributed by atoms with E-state index in [4.69, 9.17) is 9.84 Å². The summed E-state index contributed by atoms with van der Waals surface area (Å²) in [7, 11) is 0. The second-order valence-corrected chi connectivity index (χ2v) is 4.64. The molecule has 0 amide bonds. The lowest BCUT2D eigenvalue weighted by molar-refractivity contribution is 0.0509. The van der Waals surface area contributed by atoms with E-state index in [0.717, 1.165) is 24.2 Å². The number of fused-ring (bicyclic) bond motifs is 1. The van der Waals surface area contributed by atoms with Gasteiger partial charge in [-0.1, -0.05) is 6.07 Å². The molecule has 1 aliphatic heterocycles. The van der Waals surface area contributed by atoms with Crippen LogP contribution in [0.25, 0.3) is 11.0 Å². The van der Waals surface area contributed by atoms with Crippen LogP contribution in [0.3, 0.4) is 0 Å². The molecule has 2 N–H and O–H groups in total. The molecule has 1 aliphatic rings. The summed E-state index contributed by atoms with van der Waals surface area (Å²) in [6, 6.07) is 5.11. The number of aromatic carboxylic acids is 1. The Morgan fingerprint density at radius 3 is 3.00 bits per heavy atom. The summed E-state index contributed by atoms with van der Waals surface area (Å²) in [5.74, 6) is -0.234. The number of H-pyrrole nitrogens is 1. The number of aromatic amines is 1. The second-order valence-electron chi connectivity index (χ2n) is 4.64. The van der Waals surface area contributed by atoms with E-state index in [-0.39, 0.29) is 17.8 Å². The van der Waals surface area contributed by atoms with Crippen LogP contribution in [-0.4, -0.2) is 27.1 Å². The number of ether oxygens (including phenoxy) is 1. The number of hydrogen-bond acceptors (Lipinski definition) is 3. The van der Waals surface area contributed by atoms with Crippen LogP contribution < -0.4 is 0 Å². The number of carboxylic acids is 1. The van der Waals surface area contributed by atoms with E-state index in [0.29, 0.717) is 5.52 Å². The van der Waals surface area contributed by atoms with E-state index in [2.05, 4.69) is 9.97 Å². The third-order valence-electron chi connectivity index (χ3n) is 3.30. The van der Waals surface area contributed by atoms with Crippen molar-refractivity contribution in [2.75, 3.05) is 0 Å². The largest absolute Gasteiger partial charge is 0.478 e. The summed E-state index contributed by atoms with van der Waals surface area (Å²) in [5.41, 5.74) is 1.47. The Morgan fingerprint density at radius 1 is 1.50 bits per heavy atom. The second kappa shape index (κ2) is 4.10. The Bertz CT molecular complexity index is 605. The van der Waals surface area contributed by atoms with Crippen molar-refractivity contribution in [3.63, 3.8) is 0 Å². The zero-order valence-corrected chi connectivity index (χ0v) is 10.0. The molecule has 1 aromatic carbocycles. The molecular weight excluding hydrogens is 232 g/mol. The lowest BCUT2D eigenvalue weighted by Gasteiger charge is -2.06. The van der Waals surface area contributed by atoms with E-state index in [1.165, 1.54) is 0 Å². The quantitative estimate of drug-likeness (QED) is 0.853. The number of carbonyl (C=O) groups is 1. The van der Waals surface area contributed by atoms with Crippen molar-refractivity contribution < 1.29 is 14.6 Å². The van der Waals surface area contributed by atoms with Crippen molar-refractivity contribution in [1.29, 1.82) is 0 Å². The highest BCUT2D eigenvalue weighted by molar-refractivity contribution is 6.00. The number of nitrogens with one attached hydrogen (secondary N) is 1. The summed E-state index contributed by atoms with van der Waals surface area (Å²) >= 11 is 0. The van der Waals surface area contributed by atoms with Crippen LogP contribution in [0.1, 0.15) is 42.1 Å². The molecule has 0 aliphatic carbocycles. The van der Waals surface area contributed by atoms with Gasteiger partial charge in [0.25, 0.3) is 0 Å². The molecular formula is C13H14N2O3. The lowest BCUT2D eigenvalue weighted by atomic mass is 10.2. The number of carboxylic acid groups (broad SMARTS) is 1. The first-order valence-electron chi connectivity index (χ1n) is 6.02. The zero-order chi connectivity index (χ0) is 12.7. The summed E-state index contributed by atoms with van der Waals surface area (Å²) in [6.45, 7) is 2.03. The van der Waals surface area contributed by atoms with Gasteiger partial charge in [-0.15, -0.1) is 0 Å². The van der Waals surface area contributed by atoms with Crippen LogP contribution in [0.5, 0.6) is 0 Å². The fourth-order valence-electron chi connectivity index (χ4n) is 2.38. The number of hydrogen-bond donors (Lipinski definition) is 2. The van der Waals surface area contributed by atoms with Crippen LogP contribution >= 0.6 is 0 Å². The topological polar surface area (TPSA) is 75.2 Å². The fraction of sp³-hybridized carbons (Fsp3) is 0.385. The molecule has 2 unspecified atom stereocenters. The van der Waals surface area contributed by atoms with Gasteiger partial charge in [0.15, 0.2) is 0 Å². The molecule has 5 nitrogen and oxygen atoms in total. The van der Waals surface area contributed by atoms with Crippen molar-refractivity contribution in [2.24, 2.45) is 0 Å². The molecule has 1 aromatic heterocycles. The van der Waals surface area contributed by atoms with Crippen LogP contribution in [0.15, 0.2) is 18.2 Å². The third-order valence-corrected chi connectivity index (χ3v) is 3.30. The van der Waals surface area contributed by atoms with E-state index < -0.39 is 5.97 Å². The van der Waals surface area contributed by atoms with Gasteiger partial charge in [0.1, 0.15) is 17.4 Å². The lowest BCUT2D eigenvalue weighted by Crippen LogP contribution is -2.02. The third kappa shape index (κ3) is 1.76. The zero-order valence-electron chi connectivity index (χ0n) is 10.0. The Morgan fingerprint density at radius 2 is 2.33 bits per heavy atom. The van der Waals surface area contributed by atoms with Gasteiger partial charge in [-0.3, -0.25) is 0 Å². The van der Waals surface area contributed by atoms with Gasteiger partial charge in [-0.05, 0) is 31.9 Å². The van der Waals surface area contributed by atoms with Crippen molar-refractivity contribution in [2.45, 2.75) is 32.0 Å². The Balaban J connectivity index is 2.05. The highest BCUT2D eigenvalue weighted by Crippen LogP contribution is 2.32. The van der Waals surface area contributed by atoms with Crippen molar-refractivity contribution in [3.05, 3.63) is 29.6 Å². The smallest absolute Gasteiger partial charge is 0.337 e. The molecule has 0 radical (unpaired) electrons. The maximum Gasteiger partial charge on any atom is 0.337 e. The first-order valence-corrected chi connectivity index (χ1v) is 6.02. The predicted octanol–water partition coefficient (Wildman–Crippen LogP) is 2.50. The van der Waals surface area contributed by atoms with Crippen LogP contribution in [0.4, 0.5) is 0 Å². The highest BCUT2D eigenvalue weighted by atomic mass is 16.5. The summed E-state index contributed by atoms with van der Waals surface area (Å²) in [5, 5.41) is 9.11. The normalized spacial score (nSPS) is 23.6. The van der Waals surface area contributed by atoms with Gasteiger partial charge < -0.3 is 14.8 Å². The van der Waals surface area contributed by atoms with Crippen molar-refractivity contribution >= 4 is 17.0 Å². The molecule has 2 aromatic rings. The molecule has 0 saturated carbocycles. The number of benzene rings is 1. The van der Waals surface area contributed by atoms with Crippen LogP contribution in [0, 0.1) is 0 Å². The van der Waals surface area contributed by atoms with E-state index in [1.807, 2.05) is 13.0 Å². The Kier molecular flexibility index (Phi) is 2.56. The number of para-hydroxylation sites is 1. The minimum Gasteiger partial charge on any atom is -0.478 e. The molecule has 1 saturated heterocycles. The van der Waals surface area contributed by atoms with Crippen LogP contribution in [0.2, 0.25) is 0 Å². The maximum absolute atomic E-state index is 11.1. The molecule has 2 heterocycles. The van der Waals surface area contributed by atoms with Gasteiger partial charge in [-0.2, -0.15) is 0 Å². The molecule has 0 bridgehead atoms. The number of imidazole rings is 1. The van der Waals surface area contributed by atoms with Gasteiger partial charge in [-0.25, -0.2) is 9.78 Å². The maximum atomic E-state index is 11.1. The summed E-state index contributed by atoms with van der Waals surface area (Å²) in [6.07, 6.45) is 2.12. The van der Waals surface area contributed by atoms with E-state index in [1.54, 1.807) is 12.1 Å². The minimum atomic E-state index is -0.959. The Hall–Kier alpha value is -1.88. The molecule has 5 heteroatoms. The fourth-order valence-corrected chi connectivity index (χ4v) is 2.38. The van der Waals surface area contributed by atoms with Gasteiger partial charge in [0.05, 0.1) is 17.2 Å². The minimum absolute atomic E-state index is 0.0472. The SMILES string of the molecule is CC1CCC(c2nc3c(C(=O)O)cccc3[nH]2)O1. The average molecular weight is 246 g/mol. The average Bonchev–Trinajstić information content (AvgIpc) is 2.93. The molecule has 0 spiro atoms. The van der Waals surface area contributed by atoms with Gasteiger partial charge >= 0.3 is 5.97 Å². The standard InChI is InChI=1S/C13H14N2O3/c1-7-5-6-10(18-7)12-14-9-4-2-3-8(13(16)17)11(9)15-12/h2-4,7,10H,5-6H2,1H3,(H,14,15)(H,16,17). The molecule has 2 atom stereocenters. The van der Waals surface area contributed by atoms with Crippen molar-refractivity contribution in [3.8, 4) is 0 Å². The van der Waals surface area contributed by atoms with Crippen molar-refractivity contribution in [1.82, 2.24) is 9.97 Å². The summed E-state index contributed by atoms with van der Waals surface area (Å²) in [4.78, 5) is 18.7. The molecule has 18 heavy (non-hydrogen) atoms. The van der Waals surface area contributed by atoms with Gasteiger partial charge in [0.2, 0.25) is 0 Å². The van der Waals surface area contributed by atoms with Gasteiger partial charge in [0, 0.05) is 0 Å². The number of rotatable bonds is 2. The first kappa shape index (κ1) is 11.2. The molecule has 94 valence electrons. The monoisotopic (exact) mass is 246 g/mol. The molecule has 1 fully saturated rings. The number of aromatic nitrogens is 2. The summed E-state index contributed by atoms with van der Waals surface area (Å²) < 4.78 is 5.74. The highest BCUT2D eigenvalue weighted by Gasteiger charge is 2.26. The first-order chi connectivity index (χ1) is 8.65. The predicted molar refractivity (Wildman–Crippen MR) is 65.6 cm³/mol.